The second kappa shape index (κ2) is 4.71. The summed E-state index contributed by atoms with van der Waals surface area (Å²) in [5.41, 5.74) is 5.22. The Morgan fingerprint density at radius 2 is 2.09 bits per heavy atom. The first kappa shape index (κ1) is 13.4. The monoisotopic (exact) mass is 311 g/mol. The molecule has 2 aromatic rings. The molecular formula is C18H17NO4. The third-order valence-corrected chi connectivity index (χ3v) is 5.03. The van der Waals surface area contributed by atoms with Crippen LogP contribution in [0.15, 0.2) is 30.3 Å². The number of aliphatic hydroxyl groups excluding tert-OH is 1. The van der Waals surface area contributed by atoms with Crippen LogP contribution >= 0.6 is 0 Å². The predicted octanol–water partition coefficient (Wildman–Crippen LogP) is 2.46. The van der Waals surface area contributed by atoms with Crippen molar-refractivity contribution in [2.45, 2.75) is 18.2 Å². The van der Waals surface area contributed by atoms with Crippen molar-refractivity contribution in [1.82, 2.24) is 5.32 Å². The van der Waals surface area contributed by atoms with Gasteiger partial charge in [-0.25, -0.2) is 0 Å². The lowest BCUT2D eigenvalue weighted by Crippen LogP contribution is -2.39. The summed E-state index contributed by atoms with van der Waals surface area (Å²) in [6.45, 7) is 0.716. The van der Waals surface area contributed by atoms with Crippen molar-refractivity contribution in [3.8, 4) is 22.6 Å². The second-order valence-electron chi connectivity index (χ2n) is 6.13. The Balaban J connectivity index is 1.89. The third-order valence-electron chi connectivity index (χ3n) is 5.03. The van der Waals surface area contributed by atoms with Crippen LogP contribution in [0.4, 0.5) is 0 Å². The molecule has 3 unspecified atom stereocenters. The maximum absolute atomic E-state index is 10.5. The highest BCUT2D eigenvalue weighted by molar-refractivity contribution is 5.84. The van der Waals surface area contributed by atoms with Gasteiger partial charge in [0.05, 0.1) is 12.1 Å². The maximum atomic E-state index is 10.5. The Labute approximate surface area is 133 Å². The van der Waals surface area contributed by atoms with Gasteiger partial charge in [-0.05, 0) is 28.3 Å². The van der Waals surface area contributed by atoms with E-state index in [1.165, 1.54) is 0 Å². The predicted molar refractivity (Wildman–Crippen MR) is 83.5 cm³/mol. The molecule has 0 aromatic heterocycles. The summed E-state index contributed by atoms with van der Waals surface area (Å²) in [6.07, 6.45) is -0.650. The fourth-order valence-electron chi connectivity index (χ4n) is 4.08. The number of aliphatic hydroxyl groups is 1. The lowest BCUT2D eigenvalue weighted by Gasteiger charge is -2.40. The van der Waals surface area contributed by atoms with E-state index in [2.05, 4.69) is 17.4 Å². The first-order valence-corrected chi connectivity index (χ1v) is 7.79. The lowest BCUT2D eigenvalue weighted by molar-refractivity contribution is 0.0506. The van der Waals surface area contributed by atoms with Gasteiger partial charge in [0, 0.05) is 19.2 Å². The molecule has 0 saturated heterocycles. The average Bonchev–Trinajstić information content (AvgIpc) is 3.05. The van der Waals surface area contributed by atoms with Gasteiger partial charge in [0.15, 0.2) is 11.5 Å². The number of benzene rings is 2. The molecule has 0 fully saturated rings. The molecule has 0 spiro atoms. The van der Waals surface area contributed by atoms with Gasteiger partial charge in [-0.3, -0.25) is 0 Å². The summed E-state index contributed by atoms with van der Waals surface area (Å²) in [5, 5.41) is 13.9. The van der Waals surface area contributed by atoms with Crippen LogP contribution in [0.2, 0.25) is 0 Å². The third kappa shape index (κ3) is 1.67. The molecule has 5 nitrogen and oxygen atoms in total. The fraction of sp³-hybridized carbons (Fsp3) is 0.333. The van der Waals surface area contributed by atoms with E-state index in [-0.39, 0.29) is 18.9 Å². The van der Waals surface area contributed by atoms with E-state index in [1.54, 1.807) is 7.11 Å². The summed E-state index contributed by atoms with van der Waals surface area (Å²) in [7, 11) is 1.73. The number of rotatable bonds is 1. The minimum Gasteiger partial charge on any atom is -0.454 e. The van der Waals surface area contributed by atoms with E-state index in [9.17, 15) is 5.11 Å². The molecule has 1 aliphatic carbocycles. The van der Waals surface area contributed by atoms with Gasteiger partial charge < -0.3 is 24.6 Å². The Kier molecular flexibility index (Phi) is 2.74. The normalized spacial score (nSPS) is 26.6. The molecule has 0 bridgehead atoms. The Morgan fingerprint density at radius 3 is 2.96 bits per heavy atom. The second-order valence-corrected chi connectivity index (χ2v) is 6.13. The van der Waals surface area contributed by atoms with Gasteiger partial charge in [-0.15, -0.1) is 0 Å². The minimum atomic E-state index is -0.558. The summed E-state index contributed by atoms with van der Waals surface area (Å²) in [5.74, 6) is 1.48. The molecule has 2 heterocycles. The van der Waals surface area contributed by atoms with Gasteiger partial charge in [0.25, 0.3) is 0 Å². The quantitative estimate of drug-likeness (QED) is 0.847. The van der Waals surface area contributed by atoms with Gasteiger partial charge in [-0.2, -0.15) is 0 Å². The highest BCUT2D eigenvalue weighted by Crippen LogP contribution is 2.56. The summed E-state index contributed by atoms with van der Waals surface area (Å²) in [4.78, 5) is 0. The van der Waals surface area contributed by atoms with Crippen LogP contribution in [0.5, 0.6) is 11.5 Å². The van der Waals surface area contributed by atoms with Gasteiger partial charge >= 0.3 is 0 Å². The highest BCUT2D eigenvalue weighted by Gasteiger charge is 2.42. The van der Waals surface area contributed by atoms with Crippen LogP contribution in [0.1, 0.15) is 34.9 Å². The smallest absolute Gasteiger partial charge is 0.231 e. The molecule has 23 heavy (non-hydrogen) atoms. The average molecular weight is 311 g/mol. The van der Waals surface area contributed by atoms with Crippen molar-refractivity contribution in [1.29, 1.82) is 0 Å². The highest BCUT2D eigenvalue weighted by atomic mass is 16.7. The zero-order chi connectivity index (χ0) is 15.6. The largest absolute Gasteiger partial charge is 0.454 e. The lowest BCUT2D eigenvalue weighted by atomic mass is 9.75. The van der Waals surface area contributed by atoms with Crippen LogP contribution in [0.25, 0.3) is 11.1 Å². The van der Waals surface area contributed by atoms with E-state index in [4.69, 9.17) is 14.2 Å². The zero-order valence-electron chi connectivity index (χ0n) is 12.7. The molecule has 2 aromatic carbocycles. The Bertz CT molecular complexity index is 804. The molecule has 5 heteroatoms. The van der Waals surface area contributed by atoms with Crippen molar-refractivity contribution < 1.29 is 19.3 Å². The molecule has 118 valence electrons. The molecule has 0 amide bonds. The fourth-order valence-corrected chi connectivity index (χ4v) is 4.08. The molecule has 2 aliphatic heterocycles. The van der Waals surface area contributed by atoms with E-state index in [0.29, 0.717) is 12.3 Å². The summed E-state index contributed by atoms with van der Waals surface area (Å²) >= 11 is 0. The zero-order valence-corrected chi connectivity index (χ0v) is 12.7. The summed E-state index contributed by atoms with van der Waals surface area (Å²) < 4.78 is 17.2. The van der Waals surface area contributed by atoms with Gasteiger partial charge in [0.2, 0.25) is 6.79 Å². The van der Waals surface area contributed by atoms with Gasteiger partial charge in [0.1, 0.15) is 6.10 Å². The standard InChI is InChI=1S/C18H17NO4/c1-21-17-10-5-3-2-4-9(10)15-14-11(12(20)7-19-16(14)17)6-13-18(15)23-8-22-13/h2-6,12,16-17,19-20H,7-8H2,1H3. The number of methoxy groups -OCH3 is 1. The van der Waals surface area contributed by atoms with E-state index in [0.717, 1.165) is 33.6 Å². The number of nitrogens with one attached hydrogen (secondary N) is 1. The van der Waals surface area contributed by atoms with Crippen molar-refractivity contribution in [2.75, 3.05) is 20.4 Å². The number of fused-ring (bicyclic) bond motifs is 4. The van der Waals surface area contributed by atoms with Crippen LogP contribution in [-0.4, -0.2) is 25.6 Å². The molecule has 3 aliphatic rings. The topological polar surface area (TPSA) is 60.0 Å². The first-order chi connectivity index (χ1) is 11.3. The molecule has 5 rings (SSSR count). The van der Waals surface area contributed by atoms with Crippen LogP contribution in [0.3, 0.4) is 0 Å². The Morgan fingerprint density at radius 1 is 1.22 bits per heavy atom. The molecule has 2 N–H and O–H groups in total. The van der Waals surface area contributed by atoms with Crippen LogP contribution < -0.4 is 14.8 Å². The van der Waals surface area contributed by atoms with Crippen molar-refractivity contribution in [3.05, 3.63) is 47.0 Å². The number of hydrogen-bond acceptors (Lipinski definition) is 5. The molecule has 0 saturated carbocycles. The van der Waals surface area contributed by atoms with E-state index in [1.807, 2.05) is 18.2 Å². The van der Waals surface area contributed by atoms with Crippen molar-refractivity contribution in [2.24, 2.45) is 0 Å². The molecule has 3 atom stereocenters. The number of hydrogen-bond donors (Lipinski definition) is 2. The SMILES string of the molecule is COC1c2ccccc2-c2c3c(cc4c2C1NCC4O)OCO3. The van der Waals surface area contributed by atoms with Gasteiger partial charge in [-0.1, -0.05) is 24.3 Å². The molecule has 0 radical (unpaired) electrons. The summed E-state index contributed by atoms with van der Waals surface area (Å²) in [6, 6.07) is 10.1. The maximum Gasteiger partial charge on any atom is 0.231 e. The van der Waals surface area contributed by atoms with Crippen LogP contribution in [-0.2, 0) is 4.74 Å². The van der Waals surface area contributed by atoms with Crippen LogP contribution in [0, 0.1) is 0 Å². The first-order valence-electron chi connectivity index (χ1n) is 7.79. The minimum absolute atomic E-state index is 0.00204. The Hall–Kier alpha value is -2.08. The number of β-amino-alcohol motifs (C(OH)–C–C–N with tert-alkyl or cyclic N) is 1. The van der Waals surface area contributed by atoms with Crippen molar-refractivity contribution in [3.63, 3.8) is 0 Å². The van der Waals surface area contributed by atoms with Crippen molar-refractivity contribution >= 4 is 0 Å². The molecular weight excluding hydrogens is 294 g/mol. The van der Waals surface area contributed by atoms with E-state index >= 15 is 0 Å². The number of ether oxygens (including phenoxy) is 3. The van der Waals surface area contributed by atoms with E-state index < -0.39 is 6.10 Å².